The number of hydrogen-bond acceptors (Lipinski definition) is 9. The molecule has 3 N–H and O–H groups in total. The molecule has 1 aromatic rings. The molecule has 0 unspecified atom stereocenters. The zero-order valence-corrected chi connectivity index (χ0v) is 16.6. The smallest absolute Gasteiger partial charge is 0.297 e. The van der Waals surface area contributed by atoms with Gasteiger partial charge in [0.1, 0.15) is 12.2 Å². The molecule has 0 aliphatic carbocycles. The van der Waals surface area contributed by atoms with Gasteiger partial charge in [0.25, 0.3) is 10.1 Å². The molecule has 3 aliphatic heterocycles. The topological polar surface area (TPSA) is 109 Å². The molecule has 9 nitrogen and oxygen atoms in total. The van der Waals surface area contributed by atoms with E-state index in [4.69, 9.17) is 13.7 Å². The maximum absolute atomic E-state index is 12.6. The van der Waals surface area contributed by atoms with Crippen LogP contribution in [0.2, 0.25) is 0 Å². The van der Waals surface area contributed by atoms with Gasteiger partial charge in [-0.2, -0.15) is 8.42 Å². The van der Waals surface area contributed by atoms with Crippen LogP contribution in [0.25, 0.3) is 0 Å². The molecule has 1 aromatic carbocycles. The van der Waals surface area contributed by atoms with Crippen molar-refractivity contribution in [3.8, 4) is 0 Å². The zero-order chi connectivity index (χ0) is 19.7. The van der Waals surface area contributed by atoms with Gasteiger partial charge in [-0.3, -0.25) is 9.61 Å². The van der Waals surface area contributed by atoms with E-state index in [-0.39, 0.29) is 17.6 Å². The van der Waals surface area contributed by atoms with Gasteiger partial charge in [-0.05, 0) is 25.5 Å². The molecule has 0 aromatic heterocycles. The maximum Gasteiger partial charge on any atom is 0.297 e. The normalized spacial score (nSPS) is 33.4. The van der Waals surface area contributed by atoms with E-state index in [2.05, 4.69) is 15.8 Å². The Balaban J connectivity index is 1.42. The predicted octanol–water partition coefficient (Wildman–Crippen LogP) is -0.647. The van der Waals surface area contributed by atoms with Crippen LogP contribution >= 0.6 is 0 Å². The molecule has 0 saturated carbocycles. The van der Waals surface area contributed by atoms with Crippen molar-refractivity contribution in [1.82, 2.24) is 15.8 Å². The number of rotatable bonds is 7. The van der Waals surface area contributed by atoms with Crippen LogP contribution in [0.5, 0.6) is 0 Å². The summed E-state index contributed by atoms with van der Waals surface area (Å²) in [4.78, 5) is 0.0371. The number of nitrogens with zero attached hydrogens (tertiary/aromatic N) is 1. The summed E-state index contributed by atoms with van der Waals surface area (Å²) >= 11 is 0. The third-order valence-electron chi connectivity index (χ3n) is 5.36. The second-order valence-electron chi connectivity index (χ2n) is 7.42. The molecule has 5 atom stereocenters. The number of hydrazine groups is 1. The van der Waals surface area contributed by atoms with Crippen molar-refractivity contribution >= 4 is 10.1 Å². The standard InChI is InChI=1S/C18H27N3O6S/c1-12-3-5-13(6-4-12)28(23,24)27-17-16(22)15(14-11-25-18(17)26-14)19-8-10-21-9-2-7-20-21/h3-6,14-20,22H,2,7-11H2,1H3/t14-,15-,16+,17-,18-/m1/s1. The fraction of sp³-hybridized carbons (Fsp3) is 0.667. The number of benzene rings is 1. The molecule has 3 saturated heterocycles. The van der Waals surface area contributed by atoms with Crippen LogP contribution in [0.4, 0.5) is 0 Å². The van der Waals surface area contributed by atoms with Gasteiger partial charge < -0.3 is 19.9 Å². The Hall–Kier alpha value is -1.11. The van der Waals surface area contributed by atoms with Crippen molar-refractivity contribution in [2.75, 3.05) is 32.8 Å². The number of ether oxygens (including phenoxy) is 2. The summed E-state index contributed by atoms with van der Waals surface area (Å²) in [5, 5.41) is 16.2. The Bertz CT molecular complexity index is 768. The van der Waals surface area contributed by atoms with Crippen molar-refractivity contribution in [1.29, 1.82) is 0 Å². The molecule has 28 heavy (non-hydrogen) atoms. The van der Waals surface area contributed by atoms with Crippen molar-refractivity contribution in [2.45, 2.75) is 48.9 Å². The molecule has 156 valence electrons. The van der Waals surface area contributed by atoms with Crippen molar-refractivity contribution < 1.29 is 27.2 Å². The summed E-state index contributed by atoms with van der Waals surface area (Å²) in [6.07, 6.45) is -2.34. The van der Waals surface area contributed by atoms with E-state index in [0.29, 0.717) is 6.54 Å². The fourth-order valence-electron chi connectivity index (χ4n) is 3.79. The van der Waals surface area contributed by atoms with E-state index in [1.807, 2.05) is 6.92 Å². The monoisotopic (exact) mass is 413 g/mol. The van der Waals surface area contributed by atoms with E-state index in [1.165, 1.54) is 12.1 Å². The number of aliphatic hydroxyl groups is 1. The third kappa shape index (κ3) is 4.24. The van der Waals surface area contributed by atoms with Gasteiger partial charge in [-0.15, -0.1) is 0 Å². The second kappa shape index (κ2) is 8.33. The van der Waals surface area contributed by atoms with Crippen LogP contribution in [-0.4, -0.2) is 82.0 Å². The van der Waals surface area contributed by atoms with E-state index in [1.54, 1.807) is 12.1 Å². The van der Waals surface area contributed by atoms with Crippen LogP contribution in [-0.2, 0) is 23.8 Å². The summed E-state index contributed by atoms with van der Waals surface area (Å²) in [6, 6.07) is 5.89. The first-order chi connectivity index (χ1) is 13.4. The summed E-state index contributed by atoms with van der Waals surface area (Å²) in [5.74, 6) is 0. The molecule has 0 radical (unpaired) electrons. The number of aliphatic hydroxyl groups excluding tert-OH is 1. The number of nitrogens with one attached hydrogen (secondary N) is 2. The van der Waals surface area contributed by atoms with Gasteiger partial charge in [0, 0.05) is 26.2 Å². The van der Waals surface area contributed by atoms with Gasteiger partial charge in [0.2, 0.25) is 0 Å². The number of aryl methyl sites for hydroxylation is 1. The minimum Gasteiger partial charge on any atom is -0.388 e. The highest BCUT2D eigenvalue weighted by molar-refractivity contribution is 7.86. The lowest BCUT2D eigenvalue weighted by molar-refractivity contribution is -0.192. The van der Waals surface area contributed by atoms with E-state index >= 15 is 0 Å². The Morgan fingerprint density at radius 3 is 2.86 bits per heavy atom. The summed E-state index contributed by atoms with van der Waals surface area (Å²) in [5.41, 5.74) is 4.22. The number of hydrogen-bond donors (Lipinski definition) is 3. The molecule has 3 heterocycles. The predicted molar refractivity (Wildman–Crippen MR) is 99.8 cm³/mol. The second-order valence-corrected chi connectivity index (χ2v) is 9.00. The lowest BCUT2D eigenvalue weighted by atomic mass is 9.98. The van der Waals surface area contributed by atoms with Crippen LogP contribution < -0.4 is 10.7 Å². The molecule has 0 spiro atoms. The molecular weight excluding hydrogens is 386 g/mol. The first-order valence-corrected chi connectivity index (χ1v) is 11.0. The fourth-order valence-corrected chi connectivity index (χ4v) is 4.87. The van der Waals surface area contributed by atoms with Crippen LogP contribution in [0, 0.1) is 6.92 Å². The first kappa shape index (κ1) is 20.2. The first-order valence-electron chi connectivity index (χ1n) is 9.61. The van der Waals surface area contributed by atoms with Crippen molar-refractivity contribution in [2.24, 2.45) is 0 Å². The van der Waals surface area contributed by atoms with Gasteiger partial charge in [-0.1, -0.05) is 17.7 Å². The molecule has 10 heteroatoms. The highest BCUT2D eigenvalue weighted by Gasteiger charge is 2.52. The zero-order valence-electron chi connectivity index (χ0n) is 15.8. The largest absolute Gasteiger partial charge is 0.388 e. The van der Waals surface area contributed by atoms with Crippen molar-refractivity contribution in [3.05, 3.63) is 29.8 Å². The molecule has 2 bridgehead atoms. The lowest BCUT2D eigenvalue weighted by Gasteiger charge is -2.38. The molecule has 3 fully saturated rings. The summed E-state index contributed by atoms with van der Waals surface area (Å²) in [7, 11) is -4.06. The Labute approximate surface area is 165 Å². The van der Waals surface area contributed by atoms with Crippen LogP contribution in [0.3, 0.4) is 0 Å². The van der Waals surface area contributed by atoms with E-state index in [9.17, 15) is 13.5 Å². The van der Waals surface area contributed by atoms with E-state index in [0.717, 1.165) is 31.6 Å². The minimum absolute atomic E-state index is 0.0371. The lowest BCUT2D eigenvalue weighted by Crippen LogP contribution is -2.61. The van der Waals surface area contributed by atoms with Gasteiger partial charge in [-0.25, -0.2) is 5.01 Å². The van der Waals surface area contributed by atoms with Crippen LogP contribution in [0.1, 0.15) is 12.0 Å². The number of fused-ring (bicyclic) bond motifs is 2. The minimum atomic E-state index is -4.06. The quantitative estimate of drug-likeness (QED) is 0.503. The highest BCUT2D eigenvalue weighted by Crippen LogP contribution is 2.32. The molecule has 0 amide bonds. The van der Waals surface area contributed by atoms with Gasteiger partial charge >= 0.3 is 0 Å². The summed E-state index contributed by atoms with van der Waals surface area (Å²) < 4.78 is 42.0. The van der Waals surface area contributed by atoms with Crippen molar-refractivity contribution in [3.63, 3.8) is 0 Å². The van der Waals surface area contributed by atoms with Gasteiger partial charge in [0.15, 0.2) is 12.4 Å². The SMILES string of the molecule is Cc1ccc(S(=O)(=O)O[C@H]2[C@@H]3OC[C@@H](O3)[C@@H](NCCN3CCCN3)[C@@H]2O)cc1. The van der Waals surface area contributed by atoms with E-state index < -0.39 is 34.7 Å². The van der Waals surface area contributed by atoms with Gasteiger partial charge in [0.05, 0.1) is 17.5 Å². The van der Waals surface area contributed by atoms with Crippen LogP contribution in [0.15, 0.2) is 29.2 Å². The Kier molecular flexibility index (Phi) is 6.00. The average molecular weight is 413 g/mol. The third-order valence-corrected chi connectivity index (χ3v) is 6.68. The molecule has 4 rings (SSSR count). The Morgan fingerprint density at radius 1 is 1.36 bits per heavy atom. The highest BCUT2D eigenvalue weighted by atomic mass is 32.2. The average Bonchev–Trinajstić information content (AvgIpc) is 3.33. The summed E-state index contributed by atoms with van der Waals surface area (Å²) in [6.45, 7) is 5.51. The Morgan fingerprint density at radius 2 is 2.14 bits per heavy atom. The molecule has 3 aliphatic rings. The maximum atomic E-state index is 12.6. The molecular formula is C18H27N3O6S.